The number of nitrogens with zero attached hydrogens (tertiary/aromatic N) is 1. The molecule has 0 heterocycles. The van der Waals surface area contributed by atoms with Crippen LogP contribution in [-0.4, -0.2) is 25.2 Å². The number of benzene rings is 3. The van der Waals surface area contributed by atoms with E-state index in [1.807, 2.05) is 36.4 Å². The van der Waals surface area contributed by atoms with E-state index in [1.54, 1.807) is 12.1 Å². The van der Waals surface area contributed by atoms with Crippen LogP contribution >= 0.6 is 24.4 Å². The lowest BCUT2D eigenvalue weighted by Gasteiger charge is -1.94. The monoisotopic (exact) mass is 413 g/mol. The zero-order chi connectivity index (χ0) is 20.9. The molecule has 0 saturated heterocycles. The van der Waals surface area contributed by atoms with Crippen molar-refractivity contribution in [2.45, 2.75) is 6.92 Å². The normalized spacial score (nSPS) is 9.04. The Labute approximate surface area is 174 Å². The van der Waals surface area contributed by atoms with Crippen LogP contribution in [0.2, 0.25) is 0 Å². The Morgan fingerprint density at radius 1 is 0.750 bits per heavy atom. The highest BCUT2D eigenvalue weighted by Crippen LogP contribution is 2.11. The summed E-state index contributed by atoms with van der Waals surface area (Å²) in [7, 11) is 0. The molecule has 144 valence electrons. The molecule has 3 aromatic carbocycles. The van der Waals surface area contributed by atoms with Gasteiger partial charge in [0.15, 0.2) is 10.1 Å². The van der Waals surface area contributed by atoms with Crippen molar-refractivity contribution >= 4 is 40.2 Å². The van der Waals surface area contributed by atoms with Crippen molar-refractivity contribution in [3.8, 4) is 0 Å². The Bertz CT molecular complexity index is 866. The van der Waals surface area contributed by atoms with Gasteiger partial charge in [-0.05, 0) is 43.5 Å². The van der Waals surface area contributed by atoms with Crippen molar-refractivity contribution in [2.24, 2.45) is 0 Å². The van der Waals surface area contributed by atoms with Crippen molar-refractivity contribution in [3.05, 3.63) is 112 Å². The molecule has 0 aliphatic heterocycles. The first-order chi connectivity index (χ1) is 13.3. The number of nitro benzene ring substituents is 1. The molecular formula is C21H19NO4S2. The van der Waals surface area contributed by atoms with Gasteiger partial charge in [-0.1, -0.05) is 66.2 Å². The van der Waals surface area contributed by atoms with Crippen LogP contribution in [0, 0.1) is 17.0 Å². The highest BCUT2D eigenvalue weighted by molar-refractivity contribution is 7.80. The van der Waals surface area contributed by atoms with Gasteiger partial charge >= 0.3 is 0 Å². The van der Waals surface area contributed by atoms with E-state index in [0.717, 1.165) is 0 Å². The first-order valence-corrected chi connectivity index (χ1v) is 8.90. The molecule has 0 aromatic heterocycles. The van der Waals surface area contributed by atoms with Crippen LogP contribution in [0.4, 0.5) is 5.69 Å². The van der Waals surface area contributed by atoms with Gasteiger partial charge in [0, 0.05) is 23.3 Å². The van der Waals surface area contributed by atoms with E-state index < -0.39 is 4.92 Å². The van der Waals surface area contributed by atoms with Crippen molar-refractivity contribution in [3.63, 3.8) is 0 Å². The zero-order valence-corrected chi connectivity index (χ0v) is 16.7. The van der Waals surface area contributed by atoms with E-state index in [0.29, 0.717) is 11.1 Å². The number of hydrogen-bond acceptors (Lipinski definition) is 4. The number of non-ortho nitro benzene ring substituents is 1. The van der Waals surface area contributed by atoms with Crippen LogP contribution in [0.5, 0.6) is 0 Å². The van der Waals surface area contributed by atoms with Crippen LogP contribution in [-0.2, 0) is 0 Å². The van der Waals surface area contributed by atoms with E-state index in [9.17, 15) is 10.1 Å². The summed E-state index contributed by atoms with van der Waals surface area (Å²) in [5.41, 5.74) is 2.42. The summed E-state index contributed by atoms with van der Waals surface area (Å²) in [6.07, 6.45) is 0. The SMILES string of the molecule is Cc1ccccc1.O=[N+]([O-])c1ccc(C(O)=S)cc1.OC(=S)c1ccccc1. The number of rotatable bonds is 3. The molecule has 0 spiro atoms. The van der Waals surface area contributed by atoms with Gasteiger partial charge in [-0.2, -0.15) is 0 Å². The van der Waals surface area contributed by atoms with Crippen molar-refractivity contribution in [2.75, 3.05) is 0 Å². The summed E-state index contributed by atoms with van der Waals surface area (Å²) in [5, 5.41) is 27.5. The van der Waals surface area contributed by atoms with Crippen LogP contribution in [0.25, 0.3) is 0 Å². The average molecular weight is 414 g/mol. The topological polar surface area (TPSA) is 83.6 Å². The first-order valence-electron chi connectivity index (χ1n) is 8.09. The maximum Gasteiger partial charge on any atom is 0.269 e. The number of aryl methyl sites for hydroxylation is 1. The molecule has 3 rings (SSSR count). The molecule has 0 saturated carbocycles. The molecule has 0 atom stereocenters. The lowest BCUT2D eigenvalue weighted by molar-refractivity contribution is -0.384. The van der Waals surface area contributed by atoms with Crippen molar-refractivity contribution in [1.29, 1.82) is 0 Å². The minimum atomic E-state index is -0.510. The highest BCUT2D eigenvalue weighted by atomic mass is 32.1. The fourth-order valence-corrected chi connectivity index (χ4v) is 2.11. The summed E-state index contributed by atoms with van der Waals surface area (Å²) in [5.74, 6) is 0. The van der Waals surface area contributed by atoms with Crippen molar-refractivity contribution in [1.82, 2.24) is 0 Å². The second kappa shape index (κ2) is 12.3. The van der Waals surface area contributed by atoms with Crippen LogP contribution < -0.4 is 0 Å². The first kappa shape index (κ1) is 22.9. The predicted molar refractivity (Wildman–Crippen MR) is 119 cm³/mol. The van der Waals surface area contributed by atoms with E-state index in [1.165, 1.54) is 29.8 Å². The summed E-state index contributed by atoms with van der Waals surface area (Å²) in [6, 6.07) is 24.7. The van der Waals surface area contributed by atoms with E-state index in [4.69, 9.17) is 10.2 Å². The zero-order valence-electron chi connectivity index (χ0n) is 15.1. The molecule has 0 bridgehead atoms. The second-order valence-corrected chi connectivity index (χ2v) is 6.21. The number of aliphatic hydroxyl groups excluding tert-OH is 2. The average Bonchev–Trinajstić information content (AvgIpc) is 2.70. The molecule has 0 radical (unpaired) electrons. The fraction of sp³-hybridized carbons (Fsp3) is 0.0476. The number of thiocarbonyl (C=S) groups is 2. The maximum absolute atomic E-state index is 10.2. The summed E-state index contributed by atoms with van der Waals surface area (Å²) < 4.78 is 0. The molecular weight excluding hydrogens is 394 g/mol. The second-order valence-electron chi connectivity index (χ2n) is 5.44. The third kappa shape index (κ3) is 8.98. The summed E-state index contributed by atoms with van der Waals surface area (Å²) in [4.78, 5) is 9.68. The van der Waals surface area contributed by atoms with Gasteiger partial charge in [-0.25, -0.2) is 0 Å². The number of hydrogen-bond donors (Lipinski definition) is 2. The molecule has 3 aromatic rings. The standard InChI is InChI=1S/C7H5NO3S.C7H6OS.C7H8/c9-7(12)5-1-3-6(4-2-5)8(10)11;8-7(9)6-4-2-1-3-5-6;1-7-5-3-2-4-6-7/h1-4H,(H,9,12);1-5H,(H,8,9);2-6H,1H3. The van der Waals surface area contributed by atoms with Crippen LogP contribution in [0.1, 0.15) is 16.7 Å². The van der Waals surface area contributed by atoms with Gasteiger partial charge in [0.2, 0.25) is 0 Å². The van der Waals surface area contributed by atoms with Crippen LogP contribution in [0.3, 0.4) is 0 Å². The molecule has 28 heavy (non-hydrogen) atoms. The molecule has 0 unspecified atom stereocenters. The predicted octanol–water partition coefficient (Wildman–Crippen LogP) is 5.74. The van der Waals surface area contributed by atoms with Gasteiger partial charge in [-0.3, -0.25) is 10.1 Å². The van der Waals surface area contributed by atoms with Gasteiger partial charge in [0.05, 0.1) is 4.92 Å². The third-order valence-corrected chi connectivity index (χ3v) is 3.76. The lowest BCUT2D eigenvalue weighted by atomic mass is 10.2. The Balaban J connectivity index is 0.000000218. The smallest absolute Gasteiger partial charge is 0.269 e. The molecule has 5 nitrogen and oxygen atoms in total. The molecule has 0 aliphatic rings. The Morgan fingerprint density at radius 3 is 1.43 bits per heavy atom. The maximum atomic E-state index is 10.2. The van der Waals surface area contributed by atoms with E-state index >= 15 is 0 Å². The molecule has 0 aliphatic carbocycles. The Kier molecular flexibility index (Phi) is 10.0. The summed E-state index contributed by atoms with van der Waals surface area (Å²) >= 11 is 8.97. The fourth-order valence-electron chi connectivity index (χ4n) is 1.84. The largest absolute Gasteiger partial charge is 0.499 e. The van der Waals surface area contributed by atoms with Crippen LogP contribution in [0.15, 0.2) is 84.9 Å². The van der Waals surface area contributed by atoms with Gasteiger partial charge in [0.25, 0.3) is 5.69 Å². The van der Waals surface area contributed by atoms with Gasteiger partial charge in [0.1, 0.15) is 0 Å². The molecule has 2 N–H and O–H groups in total. The van der Waals surface area contributed by atoms with E-state index in [2.05, 4.69) is 43.5 Å². The number of aliphatic hydroxyl groups is 2. The number of nitro groups is 1. The Hall–Kier alpha value is -3.16. The minimum absolute atomic E-state index is 0.0185. The molecule has 0 amide bonds. The summed E-state index contributed by atoms with van der Waals surface area (Å²) in [6.45, 7) is 2.08. The van der Waals surface area contributed by atoms with Gasteiger partial charge in [-0.15, -0.1) is 0 Å². The molecule has 0 fully saturated rings. The third-order valence-electron chi connectivity index (χ3n) is 3.29. The molecule has 7 heteroatoms. The van der Waals surface area contributed by atoms with E-state index in [-0.39, 0.29) is 15.8 Å². The highest BCUT2D eigenvalue weighted by Gasteiger charge is 2.04. The minimum Gasteiger partial charge on any atom is -0.499 e. The Morgan fingerprint density at radius 2 is 1.14 bits per heavy atom. The quantitative estimate of drug-likeness (QED) is 0.323. The lowest BCUT2D eigenvalue weighted by Crippen LogP contribution is -1.94. The van der Waals surface area contributed by atoms with Crippen molar-refractivity contribution < 1.29 is 15.1 Å². The van der Waals surface area contributed by atoms with Gasteiger partial charge < -0.3 is 10.2 Å².